The molecule has 1 aliphatic heterocycles. The zero-order chi connectivity index (χ0) is 18.5. The van der Waals surface area contributed by atoms with E-state index < -0.39 is 0 Å². The van der Waals surface area contributed by atoms with Gasteiger partial charge in [0.05, 0.1) is 5.92 Å². The van der Waals surface area contributed by atoms with Crippen LogP contribution in [-0.4, -0.2) is 44.8 Å². The Kier molecular flexibility index (Phi) is 5.55. The van der Waals surface area contributed by atoms with Crippen LogP contribution in [0.5, 0.6) is 0 Å². The lowest BCUT2D eigenvalue weighted by Gasteiger charge is -2.16. The van der Waals surface area contributed by atoms with Gasteiger partial charge in [0.25, 0.3) is 0 Å². The van der Waals surface area contributed by atoms with Gasteiger partial charge in [0.2, 0.25) is 11.8 Å². The number of hydrogen-bond acceptors (Lipinski definition) is 5. The predicted molar refractivity (Wildman–Crippen MR) is 96.0 cm³/mol. The maximum absolute atomic E-state index is 12.4. The number of nitrogens with zero attached hydrogens (tertiary/aromatic N) is 4. The first-order valence-corrected chi connectivity index (χ1v) is 8.77. The molecule has 1 aliphatic rings. The largest absolute Gasteiger partial charge is 0.355 e. The number of rotatable bonds is 6. The molecule has 7 nitrogen and oxygen atoms in total. The molecule has 1 atom stereocenters. The third-order valence-electron chi connectivity index (χ3n) is 4.36. The molecule has 2 aromatic heterocycles. The highest BCUT2D eigenvalue weighted by Gasteiger charge is 2.34. The highest BCUT2D eigenvalue weighted by molar-refractivity contribution is 5.89. The van der Waals surface area contributed by atoms with Crippen LogP contribution in [0.15, 0.2) is 30.6 Å². The van der Waals surface area contributed by atoms with E-state index in [0.717, 1.165) is 22.8 Å². The fourth-order valence-electron chi connectivity index (χ4n) is 3.17. The number of aromatic nitrogens is 3. The highest BCUT2D eigenvalue weighted by Crippen LogP contribution is 2.20. The summed E-state index contributed by atoms with van der Waals surface area (Å²) in [4.78, 5) is 39.1. The zero-order valence-electron chi connectivity index (χ0n) is 15.1. The van der Waals surface area contributed by atoms with E-state index in [1.54, 1.807) is 17.3 Å². The van der Waals surface area contributed by atoms with Gasteiger partial charge >= 0.3 is 0 Å². The molecular formula is C19H23N5O2. The van der Waals surface area contributed by atoms with E-state index in [0.29, 0.717) is 26.1 Å². The standard InChI is InChI=1S/C19H23N5O2/c1-13-8-14(2)23-17(22-13)5-7-21-19(26)16-9-18(25)24(12-16)11-15-4-3-6-20-10-15/h3-4,6,8,10,16H,5,7,9,11-12H2,1-2H3,(H,21,26)/t16-/m0/s1. The van der Waals surface area contributed by atoms with Gasteiger partial charge in [-0.25, -0.2) is 9.97 Å². The number of nitrogens with one attached hydrogen (secondary N) is 1. The number of amides is 2. The molecule has 1 saturated heterocycles. The van der Waals surface area contributed by atoms with Crippen LogP contribution >= 0.6 is 0 Å². The maximum Gasteiger partial charge on any atom is 0.225 e. The van der Waals surface area contributed by atoms with Crippen LogP contribution in [0.1, 0.15) is 29.2 Å². The molecule has 0 radical (unpaired) electrons. The highest BCUT2D eigenvalue weighted by atomic mass is 16.2. The van der Waals surface area contributed by atoms with Crippen molar-refractivity contribution in [3.05, 3.63) is 53.4 Å². The van der Waals surface area contributed by atoms with Crippen molar-refractivity contribution in [2.24, 2.45) is 5.92 Å². The minimum Gasteiger partial charge on any atom is -0.355 e. The Morgan fingerprint density at radius 3 is 2.77 bits per heavy atom. The van der Waals surface area contributed by atoms with Crippen molar-refractivity contribution >= 4 is 11.8 Å². The maximum atomic E-state index is 12.4. The lowest BCUT2D eigenvalue weighted by molar-refractivity contribution is -0.129. The number of likely N-dealkylation sites (tertiary alicyclic amines) is 1. The van der Waals surface area contributed by atoms with Crippen molar-refractivity contribution in [3.8, 4) is 0 Å². The van der Waals surface area contributed by atoms with Crippen molar-refractivity contribution in [1.82, 2.24) is 25.2 Å². The van der Waals surface area contributed by atoms with Crippen LogP contribution in [0.4, 0.5) is 0 Å². The molecule has 0 spiro atoms. The van der Waals surface area contributed by atoms with Gasteiger partial charge in [0.15, 0.2) is 0 Å². The first-order valence-electron chi connectivity index (χ1n) is 8.77. The number of aryl methyl sites for hydroxylation is 2. The van der Waals surface area contributed by atoms with E-state index in [-0.39, 0.29) is 24.2 Å². The summed E-state index contributed by atoms with van der Waals surface area (Å²) in [6.45, 7) is 5.26. The quantitative estimate of drug-likeness (QED) is 0.843. The second-order valence-electron chi connectivity index (χ2n) is 6.64. The third kappa shape index (κ3) is 4.62. The number of carbonyl (C=O) groups is 2. The molecule has 3 rings (SSSR count). The summed E-state index contributed by atoms with van der Waals surface area (Å²) in [7, 11) is 0. The monoisotopic (exact) mass is 353 g/mol. The summed E-state index contributed by atoms with van der Waals surface area (Å²) < 4.78 is 0. The average Bonchev–Trinajstić information content (AvgIpc) is 2.96. The van der Waals surface area contributed by atoms with Gasteiger partial charge in [-0.05, 0) is 31.5 Å². The van der Waals surface area contributed by atoms with Crippen LogP contribution in [-0.2, 0) is 22.6 Å². The van der Waals surface area contributed by atoms with Gasteiger partial charge in [0, 0.05) is 56.3 Å². The minimum absolute atomic E-state index is 0.00615. The summed E-state index contributed by atoms with van der Waals surface area (Å²) in [5.41, 5.74) is 2.81. The first kappa shape index (κ1) is 18.0. The van der Waals surface area contributed by atoms with Crippen molar-refractivity contribution < 1.29 is 9.59 Å². The zero-order valence-corrected chi connectivity index (χ0v) is 15.1. The molecule has 0 unspecified atom stereocenters. The van der Waals surface area contributed by atoms with Crippen LogP contribution in [0, 0.1) is 19.8 Å². The van der Waals surface area contributed by atoms with Gasteiger partial charge in [-0.15, -0.1) is 0 Å². The molecular weight excluding hydrogens is 330 g/mol. The molecule has 0 aliphatic carbocycles. The minimum atomic E-state index is -0.306. The molecule has 1 fully saturated rings. The van der Waals surface area contributed by atoms with E-state index in [1.165, 1.54) is 0 Å². The number of hydrogen-bond donors (Lipinski definition) is 1. The van der Waals surface area contributed by atoms with E-state index in [9.17, 15) is 9.59 Å². The van der Waals surface area contributed by atoms with Gasteiger partial charge in [-0.1, -0.05) is 6.07 Å². The first-order chi connectivity index (χ1) is 12.5. The third-order valence-corrected chi connectivity index (χ3v) is 4.36. The second-order valence-corrected chi connectivity index (χ2v) is 6.64. The molecule has 136 valence electrons. The smallest absolute Gasteiger partial charge is 0.225 e. The molecule has 2 aromatic rings. The molecule has 0 aromatic carbocycles. The van der Waals surface area contributed by atoms with E-state index in [2.05, 4.69) is 20.3 Å². The second kappa shape index (κ2) is 8.03. The Morgan fingerprint density at radius 1 is 1.31 bits per heavy atom. The van der Waals surface area contributed by atoms with Crippen LogP contribution in [0.3, 0.4) is 0 Å². The van der Waals surface area contributed by atoms with Crippen LogP contribution < -0.4 is 5.32 Å². The Bertz CT molecular complexity index is 774. The molecule has 2 amide bonds. The van der Waals surface area contributed by atoms with Crippen molar-refractivity contribution in [3.63, 3.8) is 0 Å². The van der Waals surface area contributed by atoms with Crippen LogP contribution in [0.25, 0.3) is 0 Å². The Balaban J connectivity index is 1.48. The summed E-state index contributed by atoms with van der Waals surface area (Å²) in [6.07, 6.45) is 4.27. The lowest BCUT2D eigenvalue weighted by Crippen LogP contribution is -2.34. The Hall–Kier alpha value is -2.83. The number of carbonyl (C=O) groups excluding carboxylic acids is 2. The Morgan fingerprint density at radius 2 is 2.08 bits per heavy atom. The van der Waals surface area contributed by atoms with Gasteiger partial charge < -0.3 is 10.2 Å². The van der Waals surface area contributed by atoms with Crippen LogP contribution in [0.2, 0.25) is 0 Å². The van der Waals surface area contributed by atoms with Gasteiger partial charge in [-0.3, -0.25) is 14.6 Å². The van der Waals surface area contributed by atoms with E-state index >= 15 is 0 Å². The lowest BCUT2D eigenvalue weighted by atomic mass is 10.1. The van der Waals surface area contributed by atoms with E-state index in [1.807, 2.05) is 32.0 Å². The van der Waals surface area contributed by atoms with Crippen molar-refractivity contribution in [1.29, 1.82) is 0 Å². The van der Waals surface area contributed by atoms with Gasteiger partial charge in [-0.2, -0.15) is 0 Å². The average molecular weight is 353 g/mol. The number of pyridine rings is 1. The Labute approximate surface area is 152 Å². The van der Waals surface area contributed by atoms with Crippen molar-refractivity contribution in [2.75, 3.05) is 13.1 Å². The molecule has 0 saturated carbocycles. The molecule has 1 N–H and O–H groups in total. The SMILES string of the molecule is Cc1cc(C)nc(CCNC(=O)[C@H]2CC(=O)N(Cc3cccnc3)C2)n1. The normalized spacial score (nSPS) is 16.8. The molecule has 0 bridgehead atoms. The topological polar surface area (TPSA) is 88.1 Å². The summed E-state index contributed by atoms with van der Waals surface area (Å²) in [5.74, 6) is 0.339. The molecule has 7 heteroatoms. The fourth-order valence-corrected chi connectivity index (χ4v) is 3.17. The summed E-state index contributed by atoms with van der Waals surface area (Å²) in [5, 5.41) is 2.91. The van der Waals surface area contributed by atoms with Crippen molar-refractivity contribution in [2.45, 2.75) is 33.2 Å². The van der Waals surface area contributed by atoms with Gasteiger partial charge in [0.1, 0.15) is 5.82 Å². The predicted octanol–water partition coefficient (Wildman–Crippen LogP) is 1.20. The summed E-state index contributed by atoms with van der Waals surface area (Å²) in [6, 6.07) is 5.69. The van der Waals surface area contributed by atoms with E-state index in [4.69, 9.17) is 0 Å². The molecule has 3 heterocycles. The summed E-state index contributed by atoms with van der Waals surface area (Å²) >= 11 is 0. The fraction of sp³-hybridized carbons (Fsp3) is 0.421. The molecule has 26 heavy (non-hydrogen) atoms.